The summed E-state index contributed by atoms with van der Waals surface area (Å²) in [5.74, 6) is 0.663. The van der Waals surface area contributed by atoms with Gasteiger partial charge in [0.2, 0.25) is 0 Å². The summed E-state index contributed by atoms with van der Waals surface area (Å²) in [5, 5.41) is 22.5. The van der Waals surface area contributed by atoms with Gasteiger partial charge in [-0.25, -0.2) is 0 Å². The topological polar surface area (TPSA) is 52.5 Å². The molecule has 2 unspecified atom stereocenters. The molecule has 3 heteroatoms. The number of hydrogen-bond acceptors (Lipinski definition) is 3. The van der Waals surface area contributed by atoms with Gasteiger partial charge < -0.3 is 15.5 Å². The molecule has 2 atom stereocenters. The van der Waals surface area contributed by atoms with Gasteiger partial charge in [0.1, 0.15) is 11.5 Å². The van der Waals surface area contributed by atoms with Crippen molar-refractivity contribution in [1.82, 2.24) is 5.32 Å². The van der Waals surface area contributed by atoms with Gasteiger partial charge in [-0.15, -0.1) is 0 Å². The Morgan fingerprint density at radius 2 is 1.35 bits per heavy atom. The maximum Gasteiger partial charge on any atom is 0.115 e. The summed E-state index contributed by atoms with van der Waals surface area (Å²) in [4.78, 5) is 0. The van der Waals surface area contributed by atoms with E-state index in [0.717, 1.165) is 19.3 Å². The van der Waals surface area contributed by atoms with Crippen LogP contribution < -0.4 is 5.32 Å². The number of rotatable bonds is 5. The summed E-state index contributed by atoms with van der Waals surface area (Å²) in [6, 6.07) is 16.2. The maximum atomic E-state index is 9.37. The Morgan fingerprint density at radius 1 is 0.783 bits per heavy atom. The predicted molar refractivity (Wildman–Crippen MR) is 92.8 cm³/mol. The molecule has 0 aliphatic carbocycles. The Morgan fingerprint density at radius 3 is 2.00 bits per heavy atom. The van der Waals surface area contributed by atoms with E-state index in [4.69, 9.17) is 0 Å². The lowest BCUT2D eigenvalue weighted by molar-refractivity contribution is 0.306. The molecule has 0 radical (unpaired) electrons. The number of hydrogen-bond donors (Lipinski definition) is 3. The van der Waals surface area contributed by atoms with Crippen molar-refractivity contribution < 1.29 is 10.2 Å². The van der Waals surface area contributed by atoms with Crippen LogP contribution in [0.15, 0.2) is 48.5 Å². The molecule has 23 heavy (non-hydrogen) atoms. The third-order valence-electron chi connectivity index (χ3n) is 4.71. The number of phenolic OH excluding ortho intramolecular Hbond substituents is 2. The van der Waals surface area contributed by atoms with Crippen molar-refractivity contribution in [1.29, 1.82) is 0 Å². The van der Waals surface area contributed by atoms with Crippen LogP contribution in [0, 0.1) is 0 Å². The lowest BCUT2D eigenvalue weighted by Crippen LogP contribution is -2.43. The zero-order chi connectivity index (χ0) is 16.1. The van der Waals surface area contributed by atoms with Gasteiger partial charge in [-0.1, -0.05) is 30.7 Å². The molecule has 1 saturated heterocycles. The fourth-order valence-electron chi connectivity index (χ4n) is 3.42. The number of aryl methyl sites for hydroxylation is 1. The Balaban J connectivity index is 1.49. The minimum absolute atomic E-state index is 0.331. The fourth-order valence-corrected chi connectivity index (χ4v) is 3.42. The van der Waals surface area contributed by atoms with E-state index in [-0.39, 0.29) is 0 Å². The normalized spacial score (nSPS) is 21.2. The highest BCUT2D eigenvalue weighted by atomic mass is 16.3. The van der Waals surface area contributed by atoms with E-state index in [1.807, 2.05) is 24.3 Å². The highest BCUT2D eigenvalue weighted by molar-refractivity contribution is 5.27. The first-order valence-electron chi connectivity index (χ1n) is 8.51. The Hall–Kier alpha value is -2.00. The van der Waals surface area contributed by atoms with E-state index in [1.165, 1.54) is 30.4 Å². The van der Waals surface area contributed by atoms with Crippen molar-refractivity contribution in [2.45, 2.75) is 50.6 Å². The monoisotopic (exact) mass is 311 g/mol. The van der Waals surface area contributed by atoms with Crippen molar-refractivity contribution in [3.8, 4) is 11.5 Å². The van der Waals surface area contributed by atoms with Crippen LogP contribution in [0.3, 0.4) is 0 Å². The summed E-state index contributed by atoms with van der Waals surface area (Å²) in [6.45, 7) is 0. The van der Waals surface area contributed by atoms with E-state index in [9.17, 15) is 10.2 Å². The first-order valence-corrected chi connectivity index (χ1v) is 8.51. The predicted octanol–water partition coefficient (Wildman–Crippen LogP) is 3.78. The highest BCUT2D eigenvalue weighted by Crippen LogP contribution is 2.21. The van der Waals surface area contributed by atoms with Crippen LogP contribution in [-0.2, 0) is 12.8 Å². The molecule has 0 bridgehead atoms. The number of piperidine rings is 1. The molecule has 3 N–H and O–H groups in total. The van der Waals surface area contributed by atoms with E-state index >= 15 is 0 Å². The van der Waals surface area contributed by atoms with Gasteiger partial charge in [-0.3, -0.25) is 0 Å². The minimum atomic E-state index is 0.331. The zero-order valence-corrected chi connectivity index (χ0v) is 13.4. The van der Waals surface area contributed by atoms with Crippen molar-refractivity contribution in [3.05, 3.63) is 59.7 Å². The molecule has 3 rings (SSSR count). The highest BCUT2D eigenvalue weighted by Gasteiger charge is 2.20. The lowest BCUT2D eigenvalue weighted by atomic mass is 9.91. The number of benzene rings is 2. The summed E-state index contributed by atoms with van der Waals surface area (Å²) < 4.78 is 0. The van der Waals surface area contributed by atoms with Gasteiger partial charge >= 0.3 is 0 Å². The Bertz CT molecular complexity index is 607. The van der Waals surface area contributed by atoms with Crippen LogP contribution in [0.25, 0.3) is 0 Å². The van der Waals surface area contributed by atoms with E-state index < -0.39 is 0 Å². The molecule has 0 saturated carbocycles. The lowest BCUT2D eigenvalue weighted by Gasteiger charge is -2.31. The summed E-state index contributed by atoms with van der Waals surface area (Å²) >= 11 is 0. The standard InChI is InChI=1S/C20H25NO2/c22-19-10-5-15(6-11-19)4-9-17-2-1-3-18(21-17)14-16-7-12-20(23)13-8-16/h5-8,10-13,17-18,21-23H,1-4,9,14H2. The molecule has 0 aromatic heterocycles. The summed E-state index contributed by atoms with van der Waals surface area (Å²) in [5.41, 5.74) is 2.56. The molecule has 1 heterocycles. The van der Waals surface area contributed by atoms with Crippen molar-refractivity contribution >= 4 is 0 Å². The van der Waals surface area contributed by atoms with Crippen LogP contribution in [-0.4, -0.2) is 22.3 Å². The first kappa shape index (κ1) is 15.9. The number of phenols is 2. The van der Waals surface area contributed by atoms with Crippen molar-refractivity contribution in [3.63, 3.8) is 0 Å². The number of nitrogens with one attached hydrogen (secondary N) is 1. The smallest absolute Gasteiger partial charge is 0.115 e. The van der Waals surface area contributed by atoms with Gasteiger partial charge in [0.25, 0.3) is 0 Å². The fraction of sp³-hybridized carbons (Fsp3) is 0.400. The molecule has 1 aliphatic heterocycles. The third kappa shape index (κ3) is 4.73. The second-order valence-corrected chi connectivity index (χ2v) is 6.57. The molecular formula is C20H25NO2. The van der Waals surface area contributed by atoms with Gasteiger partial charge in [0.15, 0.2) is 0 Å². The Labute approximate surface area is 138 Å². The third-order valence-corrected chi connectivity index (χ3v) is 4.71. The second-order valence-electron chi connectivity index (χ2n) is 6.57. The molecule has 3 nitrogen and oxygen atoms in total. The molecule has 0 spiro atoms. The van der Waals surface area contributed by atoms with Crippen LogP contribution in [0.5, 0.6) is 11.5 Å². The molecule has 1 fully saturated rings. The van der Waals surface area contributed by atoms with E-state index in [0.29, 0.717) is 23.6 Å². The van der Waals surface area contributed by atoms with Crippen LogP contribution >= 0.6 is 0 Å². The Kier molecular flexibility index (Phi) is 5.19. The molecule has 2 aromatic rings. The zero-order valence-electron chi connectivity index (χ0n) is 13.4. The first-order chi connectivity index (χ1) is 11.2. The van der Waals surface area contributed by atoms with Crippen LogP contribution in [0.1, 0.15) is 36.8 Å². The van der Waals surface area contributed by atoms with Crippen LogP contribution in [0.2, 0.25) is 0 Å². The molecule has 0 amide bonds. The van der Waals surface area contributed by atoms with E-state index in [1.54, 1.807) is 24.3 Å². The van der Waals surface area contributed by atoms with Gasteiger partial charge in [-0.05, 0) is 67.5 Å². The van der Waals surface area contributed by atoms with Gasteiger partial charge in [0, 0.05) is 12.1 Å². The largest absolute Gasteiger partial charge is 0.508 e. The summed E-state index contributed by atoms with van der Waals surface area (Å²) in [7, 11) is 0. The van der Waals surface area contributed by atoms with Crippen LogP contribution in [0.4, 0.5) is 0 Å². The van der Waals surface area contributed by atoms with Gasteiger partial charge in [0.05, 0.1) is 0 Å². The van der Waals surface area contributed by atoms with E-state index in [2.05, 4.69) is 5.32 Å². The van der Waals surface area contributed by atoms with Gasteiger partial charge in [-0.2, -0.15) is 0 Å². The molecule has 122 valence electrons. The second kappa shape index (κ2) is 7.51. The molecular weight excluding hydrogens is 286 g/mol. The number of aromatic hydroxyl groups is 2. The van der Waals surface area contributed by atoms with Crippen molar-refractivity contribution in [2.75, 3.05) is 0 Å². The molecule has 1 aliphatic rings. The average Bonchev–Trinajstić information content (AvgIpc) is 2.57. The van der Waals surface area contributed by atoms with Crippen molar-refractivity contribution in [2.24, 2.45) is 0 Å². The average molecular weight is 311 g/mol. The SMILES string of the molecule is Oc1ccc(CCC2CCCC(Cc3ccc(O)cc3)N2)cc1. The molecule has 2 aromatic carbocycles. The quantitative estimate of drug-likeness (QED) is 0.787. The maximum absolute atomic E-state index is 9.37. The minimum Gasteiger partial charge on any atom is -0.508 e. The summed E-state index contributed by atoms with van der Waals surface area (Å²) in [6.07, 6.45) is 6.94.